The van der Waals surface area contributed by atoms with Crippen molar-refractivity contribution in [1.29, 1.82) is 0 Å². The van der Waals surface area contributed by atoms with Gasteiger partial charge in [-0.05, 0) is 387 Å². The molecule has 89 heavy (non-hydrogen) atoms. The van der Waals surface area contributed by atoms with Crippen molar-refractivity contribution in [2.24, 2.45) is 0 Å². The summed E-state index contributed by atoms with van der Waals surface area (Å²) >= 11 is 0. The topological polar surface area (TPSA) is 52.6 Å². The van der Waals surface area contributed by atoms with Gasteiger partial charge in [-0.2, -0.15) is 0 Å². The van der Waals surface area contributed by atoms with Crippen molar-refractivity contribution < 1.29 is 19.1 Å². The first-order valence-corrected chi connectivity index (χ1v) is 32.5. The lowest BCUT2D eigenvalue weighted by Crippen LogP contribution is -2.33. The molecule has 32 aromatic carbocycles. The first-order valence-electron chi connectivity index (χ1n) is 32.5. The number of ether oxygens (including phenoxy) is 2. The fraction of sp³-hybridized carbons (Fsp3) is 0.129. The summed E-state index contributed by atoms with van der Waals surface area (Å²) in [5.41, 5.74) is 5.21. The highest BCUT2D eigenvalue weighted by atomic mass is 16.6. The molecule has 32 aromatic rings. The second-order valence-corrected chi connectivity index (χ2v) is 32.2. The van der Waals surface area contributed by atoms with Crippen LogP contribution >= 0.6 is 0 Å². The molecule has 0 aliphatic heterocycles. The molecule has 0 saturated heterocycles. The molecule has 0 bridgehead atoms. The number of carbonyl (C=O) groups excluding carboxylic acids is 2. The molecule has 0 spiro atoms. The normalized spacial score (nSPS) is 16.9. The van der Waals surface area contributed by atoms with Crippen LogP contribution in [0.2, 0.25) is 0 Å². The van der Waals surface area contributed by atoms with Gasteiger partial charge in [0.15, 0.2) is 0 Å². The van der Waals surface area contributed by atoms with E-state index in [1.807, 2.05) is 41.5 Å². The third kappa shape index (κ3) is 2.67. The summed E-state index contributed by atoms with van der Waals surface area (Å²) in [5, 5.41) is 90.1. The standard InChI is InChI=1S/C85H30O4/c1-83(2,3)88-21(86)15-17-7-11-19(12-8-17)85(20-13-9-18(10-14-20)16-22(87)89-84(4,5)6)81-77-70-63-51-43-34-25-23-24-26-29(25)38-45(43)53-54-46(38)44-35(26)37-33-28(24)31-30-27(23)32-36(34)49(51)57-55-41(32)39(30)47-48-40(31)42(33)56-58-50(37)52(44)64-66(54)75(74(77)65(53)63)78-71(64)69(58)73-62(56)60(48)67-59(47)61(55)72(68(57)70)79(81)76(67)80(73)82(78)85/h7-14H,15-16H2,1-6H3. The summed E-state index contributed by atoms with van der Waals surface area (Å²) in [4.78, 5) is 27.8. The minimum atomic E-state index is -0.868. The van der Waals surface area contributed by atoms with Crippen molar-refractivity contribution in [3.63, 3.8) is 0 Å². The van der Waals surface area contributed by atoms with Crippen molar-refractivity contribution in [2.45, 2.75) is 71.0 Å². The predicted molar refractivity (Wildman–Crippen MR) is 372 cm³/mol. The Morgan fingerprint density at radius 1 is 0.236 bits per heavy atom. The van der Waals surface area contributed by atoms with E-state index in [4.69, 9.17) is 9.47 Å². The van der Waals surface area contributed by atoms with Crippen LogP contribution < -0.4 is 0 Å². The zero-order valence-electron chi connectivity index (χ0n) is 48.2. The number of benzene rings is 21. The zero-order valence-corrected chi connectivity index (χ0v) is 48.2. The molecule has 394 valence electrons. The third-order valence-electron chi connectivity index (χ3n) is 27.3. The van der Waals surface area contributed by atoms with Gasteiger partial charge < -0.3 is 9.47 Å². The maximum atomic E-state index is 13.9. The van der Waals surface area contributed by atoms with E-state index in [0.29, 0.717) is 0 Å². The highest BCUT2D eigenvalue weighted by Gasteiger charge is 2.56. The molecule has 0 fully saturated rings. The Bertz CT molecular complexity index is 8070. The molecule has 33 rings (SSSR count). The van der Waals surface area contributed by atoms with Gasteiger partial charge in [-0.3, -0.25) is 9.59 Å². The van der Waals surface area contributed by atoms with Crippen molar-refractivity contribution >= 4 is 324 Å². The van der Waals surface area contributed by atoms with Crippen LogP contribution in [0.3, 0.4) is 0 Å². The molecule has 4 heteroatoms. The molecule has 0 unspecified atom stereocenters. The van der Waals surface area contributed by atoms with E-state index in [1.165, 1.54) is 130 Å². The smallest absolute Gasteiger partial charge is 0.310 e. The van der Waals surface area contributed by atoms with Gasteiger partial charge >= 0.3 is 11.9 Å². The molecule has 0 N–H and O–H groups in total. The second-order valence-electron chi connectivity index (χ2n) is 32.2. The molecule has 4 nitrogen and oxygen atoms in total. The summed E-state index contributed by atoms with van der Waals surface area (Å²) in [6, 6.07) is 18.8. The van der Waals surface area contributed by atoms with Crippen LogP contribution in [0.5, 0.6) is 0 Å². The second kappa shape index (κ2) is 9.61. The van der Waals surface area contributed by atoms with Crippen LogP contribution in [-0.4, -0.2) is 23.1 Å². The fourth-order valence-electron chi connectivity index (χ4n) is 26.5. The maximum absolute atomic E-state index is 13.9. The highest BCUT2D eigenvalue weighted by Crippen LogP contribution is 2.81. The van der Waals surface area contributed by atoms with Crippen molar-refractivity contribution in [1.82, 2.24) is 0 Å². The third-order valence-corrected chi connectivity index (χ3v) is 27.3. The number of carbonyl (C=O) groups is 2. The van der Waals surface area contributed by atoms with E-state index in [2.05, 4.69) is 48.5 Å². The first-order chi connectivity index (χ1) is 43.4. The summed E-state index contributed by atoms with van der Waals surface area (Å²) in [6.07, 6.45) is 0.387. The van der Waals surface area contributed by atoms with Crippen LogP contribution in [0.4, 0.5) is 0 Å². The highest BCUT2D eigenvalue weighted by molar-refractivity contribution is 6.84. The average molecular weight is 1120 g/mol. The van der Waals surface area contributed by atoms with E-state index < -0.39 is 16.6 Å². The van der Waals surface area contributed by atoms with E-state index in [1.54, 1.807) is 205 Å². The van der Waals surface area contributed by atoms with Gasteiger partial charge in [-0.1, -0.05) is 48.5 Å². The molecular weight excluding hydrogens is 1080 g/mol. The molecule has 0 radical (unpaired) electrons. The number of fused-ring (bicyclic) bond motifs is 5. The van der Waals surface area contributed by atoms with Gasteiger partial charge in [-0.15, -0.1) is 0 Å². The number of esters is 2. The summed E-state index contributed by atoms with van der Waals surface area (Å²) < 4.78 is 12.1. The molecule has 0 heterocycles. The number of rotatable bonds is 6. The van der Waals surface area contributed by atoms with Crippen LogP contribution in [0, 0.1) is 0 Å². The Balaban J connectivity index is 0.952. The van der Waals surface area contributed by atoms with Crippen molar-refractivity contribution in [3.05, 3.63) is 81.9 Å². The first kappa shape index (κ1) is 38.7. The molecule has 0 aromatic heterocycles. The maximum Gasteiger partial charge on any atom is 0.310 e. The van der Waals surface area contributed by atoms with E-state index >= 15 is 0 Å². The minimum absolute atomic E-state index is 0.193. The molecule has 1 aliphatic carbocycles. The Morgan fingerprint density at radius 3 is 0.517 bits per heavy atom. The lowest BCUT2D eigenvalue weighted by molar-refractivity contribution is -0.155. The van der Waals surface area contributed by atoms with Gasteiger partial charge in [0, 0.05) is 0 Å². The Kier molecular flexibility index (Phi) is 4.18. The summed E-state index contributed by atoms with van der Waals surface area (Å²) in [7, 11) is 0. The van der Waals surface area contributed by atoms with Crippen LogP contribution in [0.25, 0.3) is 312 Å². The zero-order chi connectivity index (χ0) is 56.1. The average Bonchev–Trinajstić information content (AvgIpc) is 1.39. The lowest BCUT2D eigenvalue weighted by Gasteiger charge is -2.42. The molecule has 1 aliphatic rings. The Hall–Kier alpha value is -10.4. The summed E-state index contributed by atoms with van der Waals surface area (Å²) in [5.74, 6) is -0.423. The van der Waals surface area contributed by atoms with Crippen molar-refractivity contribution in [3.8, 4) is 0 Å². The Morgan fingerprint density at radius 2 is 0.371 bits per heavy atom. The van der Waals surface area contributed by atoms with E-state index in [-0.39, 0.29) is 24.8 Å². The fourth-order valence-corrected chi connectivity index (χ4v) is 26.5. The quantitative estimate of drug-likeness (QED) is 0.123. The molecule has 0 saturated carbocycles. The largest absolute Gasteiger partial charge is 0.460 e. The van der Waals surface area contributed by atoms with Crippen LogP contribution in [0.15, 0.2) is 48.5 Å². The van der Waals surface area contributed by atoms with Crippen molar-refractivity contribution in [2.75, 3.05) is 0 Å². The van der Waals surface area contributed by atoms with Crippen LogP contribution in [-0.2, 0) is 37.3 Å². The van der Waals surface area contributed by atoms with Crippen LogP contribution in [0.1, 0.15) is 74.9 Å². The molecule has 0 atom stereocenters. The van der Waals surface area contributed by atoms with E-state index in [9.17, 15) is 9.59 Å². The monoisotopic (exact) mass is 1110 g/mol. The molecular formula is C85H30O4. The lowest BCUT2D eigenvalue weighted by atomic mass is 9.58. The van der Waals surface area contributed by atoms with Gasteiger partial charge in [0.05, 0.1) is 18.3 Å². The minimum Gasteiger partial charge on any atom is -0.460 e. The summed E-state index contributed by atoms with van der Waals surface area (Å²) in [6.45, 7) is 11.8. The number of hydrogen-bond donors (Lipinski definition) is 0. The molecule has 0 amide bonds. The predicted octanol–water partition coefficient (Wildman–Crippen LogP) is 22.2. The van der Waals surface area contributed by atoms with E-state index in [0.717, 1.165) is 11.1 Å². The van der Waals surface area contributed by atoms with Gasteiger partial charge in [0.1, 0.15) is 11.2 Å². The number of hydrogen-bond acceptors (Lipinski definition) is 4. The van der Waals surface area contributed by atoms with Gasteiger partial charge in [0.2, 0.25) is 0 Å². The SMILES string of the molecule is CC(C)(C)OC(=O)Cc1ccc(C2(c3ccc(CC(=O)OC(C)(C)C)cc3)c3c4c5c6c2c2c7c8c3c3c9c4c4c%10c5c5c%11c6c6c2c2c7c7c%12c8c3c3c8c9c4c4c9c%10c5c5c%10c%11c6c6c2c2c7c7c%12c3c3c8c4c4c9c5c5c%10c6c2c2c7c3c4c52)cc1. The van der Waals surface area contributed by atoms with Gasteiger partial charge in [0.25, 0.3) is 0 Å². The Labute approximate surface area is 493 Å². The van der Waals surface area contributed by atoms with Gasteiger partial charge in [-0.25, -0.2) is 0 Å².